The summed E-state index contributed by atoms with van der Waals surface area (Å²) < 4.78 is 11.2. The lowest BCUT2D eigenvalue weighted by Crippen LogP contribution is -2.44. The first-order valence-corrected chi connectivity index (χ1v) is 12.7. The second kappa shape index (κ2) is 11.8. The van der Waals surface area contributed by atoms with Crippen molar-refractivity contribution < 1.29 is 19.1 Å². The molecule has 0 unspecified atom stereocenters. The zero-order chi connectivity index (χ0) is 26.5. The standard InChI is InChI=1S/C29H41N3O4/c1-20(33)31(5)25-13-8-21(9-14-25)22-10-17-27(35-7)23(18-22)19-30-24-11-15-26(16-12-24)32(6)28(34)36-29(2,3)4/h8-10,13-14,17-18,24,26,30H,11-12,15-16,19H2,1-7H3. The molecule has 7 nitrogen and oxygen atoms in total. The van der Waals surface area contributed by atoms with Gasteiger partial charge in [0.2, 0.25) is 5.91 Å². The molecule has 0 heterocycles. The third-order valence-corrected chi connectivity index (χ3v) is 6.85. The summed E-state index contributed by atoms with van der Waals surface area (Å²) in [4.78, 5) is 27.4. The average Bonchev–Trinajstić information content (AvgIpc) is 2.85. The lowest BCUT2D eigenvalue weighted by Gasteiger charge is -2.36. The number of ether oxygens (including phenoxy) is 2. The first-order valence-electron chi connectivity index (χ1n) is 12.7. The van der Waals surface area contributed by atoms with E-state index in [2.05, 4.69) is 17.4 Å². The number of amides is 2. The van der Waals surface area contributed by atoms with Crippen LogP contribution in [-0.2, 0) is 16.1 Å². The highest BCUT2D eigenvalue weighted by Crippen LogP contribution is 2.29. The monoisotopic (exact) mass is 495 g/mol. The lowest BCUT2D eigenvalue weighted by molar-refractivity contribution is -0.116. The van der Waals surface area contributed by atoms with Crippen molar-refractivity contribution in [2.75, 3.05) is 26.1 Å². The summed E-state index contributed by atoms with van der Waals surface area (Å²) in [7, 11) is 5.31. The molecule has 2 aromatic carbocycles. The van der Waals surface area contributed by atoms with Gasteiger partial charge in [-0.1, -0.05) is 18.2 Å². The molecule has 3 rings (SSSR count). The predicted molar refractivity (Wildman–Crippen MR) is 144 cm³/mol. The number of hydrogen-bond donors (Lipinski definition) is 1. The van der Waals surface area contributed by atoms with Gasteiger partial charge in [-0.2, -0.15) is 0 Å². The molecule has 2 amide bonds. The first kappa shape index (κ1) is 27.5. The molecule has 0 saturated heterocycles. The largest absolute Gasteiger partial charge is 0.496 e. The second-order valence-electron chi connectivity index (χ2n) is 10.6. The molecule has 1 N–H and O–H groups in total. The van der Waals surface area contributed by atoms with E-state index >= 15 is 0 Å². The first-order chi connectivity index (χ1) is 17.0. The van der Waals surface area contributed by atoms with Crippen LogP contribution in [0.2, 0.25) is 0 Å². The summed E-state index contributed by atoms with van der Waals surface area (Å²) in [6.45, 7) is 7.95. The Balaban J connectivity index is 1.60. The fraction of sp³-hybridized carbons (Fsp3) is 0.517. The molecule has 2 aromatic rings. The van der Waals surface area contributed by atoms with Crippen LogP contribution in [0.15, 0.2) is 42.5 Å². The number of nitrogens with one attached hydrogen (secondary N) is 1. The van der Waals surface area contributed by atoms with Crippen molar-refractivity contribution in [1.82, 2.24) is 10.2 Å². The Kier molecular flexibility index (Phi) is 9.01. The molecule has 36 heavy (non-hydrogen) atoms. The van der Waals surface area contributed by atoms with E-state index in [4.69, 9.17) is 9.47 Å². The topological polar surface area (TPSA) is 71.1 Å². The zero-order valence-corrected chi connectivity index (χ0v) is 22.8. The predicted octanol–water partition coefficient (Wildman–Crippen LogP) is 5.61. The van der Waals surface area contributed by atoms with Gasteiger partial charge in [-0.25, -0.2) is 4.79 Å². The van der Waals surface area contributed by atoms with Gasteiger partial charge >= 0.3 is 6.09 Å². The Morgan fingerprint density at radius 3 is 2.14 bits per heavy atom. The van der Waals surface area contributed by atoms with Crippen LogP contribution in [0.1, 0.15) is 58.9 Å². The molecule has 0 aromatic heterocycles. The number of nitrogens with zero attached hydrogens (tertiary/aromatic N) is 2. The van der Waals surface area contributed by atoms with Gasteiger partial charge in [0.25, 0.3) is 0 Å². The van der Waals surface area contributed by atoms with Crippen molar-refractivity contribution in [2.45, 2.75) is 77.6 Å². The van der Waals surface area contributed by atoms with Crippen LogP contribution in [0, 0.1) is 0 Å². The van der Waals surface area contributed by atoms with Crippen molar-refractivity contribution in [3.05, 3.63) is 48.0 Å². The van der Waals surface area contributed by atoms with Crippen LogP contribution in [0.4, 0.5) is 10.5 Å². The Bertz CT molecular complexity index is 1040. The summed E-state index contributed by atoms with van der Waals surface area (Å²) in [5.41, 5.74) is 3.69. The van der Waals surface area contributed by atoms with Crippen molar-refractivity contribution in [2.24, 2.45) is 0 Å². The molecule has 0 spiro atoms. The highest BCUT2D eigenvalue weighted by molar-refractivity contribution is 5.91. The summed E-state index contributed by atoms with van der Waals surface area (Å²) in [6.07, 6.45) is 3.66. The molecule has 1 aliphatic rings. The third kappa shape index (κ3) is 7.23. The molecular weight excluding hydrogens is 454 g/mol. The maximum absolute atomic E-state index is 12.4. The van der Waals surface area contributed by atoms with Gasteiger partial charge in [0.05, 0.1) is 7.11 Å². The molecule has 1 fully saturated rings. The minimum Gasteiger partial charge on any atom is -0.496 e. The van der Waals surface area contributed by atoms with Crippen molar-refractivity contribution in [3.63, 3.8) is 0 Å². The normalized spacial score (nSPS) is 17.9. The van der Waals surface area contributed by atoms with Gasteiger partial charge in [0.1, 0.15) is 11.4 Å². The van der Waals surface area contributed by atoms with E-state index in [1.54, 1.807) is 30.9 Å². The smallest absolute Gasteiger partial charge is 0.410 e. The van der Waals surface area contributed by atoms with Gasteiger partial charge < -0.3 is 24.6 Å². The van der Waals surface area contributed by atoms with E-state index in [-0.39, 0.29) is 18.0 Å². The summed E-state index contributed by atoms with van der Waals surface area (Å²) in [6, 6.07) is 14.8. The number of benzene rings is 2. The number of methoxy groups -OCH3 is 1. The van der Waals surface area contributed by atoms with Crippen LogP contribution in [0.25, 0.3) is 11.1 Å². The SMILES string of the molecule is COc1ccc(-c2ccc(N(C)C(C)=O)cc2)cc1CNC1CCC(N(C)C(=O)OC(C)(C)C)CC1. The minimum absolute atomic E-state index is 0.00563. The molecule has 196 valence electrons. The summed E-state index contributed by atoms with van der Waals surface area (Å²) in [5.74, 6) is 0.864. The fourth-order valence-electron chi connectivity index (χ4n) is 4.56. The Hall–Kier alpha value is -3.06. The van der Waals surface area contributed by atoms with Gasteiger partial charge in [0, 0.05) is 50.9 Å². The van der Waals surface area contributed by atoms with Crippen LogP contribution < -0.4 is 15.0 Å². The molecule has 0 bridgehead atoms. The highest BCUT2D eigenvalue weighted by Gasteiger charge is 2.29. The van der Waals surface area contributed by atoms with E-state index < -0.39 is 5.60 Å². The third-order valence-electron chi connectivity index (χ3n) is 6.85. The molecule has 0 radical (unpaired) electrons. The maximum Gasteiger partial charge on any atom is 0.410 e. The highest BCUT2D eigenvalue weighted by atomic mass is 16.6. The zero-order valence-electron chi connectivity index (χ0n) is 22.8. The Labute approximate surface area is 215 Å². The van der Waals surface area contributed by atoms with E-state index in [9.17, 15) is 9.59 Å². The second-order valence-corrected chi connectivity index (χ2v) is 10.6. The van der Waals surface area contributed by atoms with E-state index in [1.165, 1.54) is 0 Å². The summed E-state index contributed by atoms with van der Waals surface area (Å²) >= 11 is 0. The van der Waals surface area contributed by atoms with Crippen molar-refractivity contribution in [3.8, 4) is 16.9 Å². The van der Waals surface area contributed by atoms with Crippen molar-refractivity contribution in [1.29, 1.82) is 0 Å². The number of carbonyl (C=O) groups is 2. The van der Waals surface area contributed by atoms with Gasteiger partial charge in [0.15, 0.2) is 0 Å². The minimum atomic E-state index is -0.482. The molecule has 0 aliphatic heterocycles. The molecule has 0 atom stereocenters. The quantitative estimate of drug-likeness (QED) is 0.540. The van der Waals surface area contributed by atoms with Crippen LogP contribution >= 0.6 is 0 Å². The van der Waals surface area contributed by atoms with E-state index in [1.807, 2.05) is 58.2 Å². The van der Waals surface area contributed by atoms with Crippen LogP contribution in [0.5, 0.6) is 5.75 Å². The number of rotatable bonds is 7. The number of hydrogen-bond acceptors (Lipinski definition) is 5. The van der Waals surface area contributed by atoms with Crippen LogP contribution in [0.3, 0.4) is 0 Å². The molecule has 7 heteroatoms. The number of carbonyl (C=O) groups excluding carboxylic acids is 2. The number of anilines is 1. The summed E-state index contributed by atoms with van der Waals surface area (Å²) in [5, 5.41) is 3.70. The van der Waals surface area contributed by atoms with Gasteiger partial charge in [-0.15, -0.1) is 0 Å². The fourth-order valence-corrected chi connectivity index (χ4v) is 4.56. The van der Waals surface area contributed by atoms with Crippen molar-refractivity contribution >= 4 is 17.7 Å². The lowest BCUT2D eigenvalue weighted by atomic mass is 9.90. The Morgan fingerprint density at radius 1 is 0.972 bits per heavy atom. The van der Waals surface area contributed by atoms with Gasteiger partial charge in [-0.3, -0.25) is 4.79 Å². The molecule has 1 aliphatic carbocycles. The maximum atomic E-state index is 12.4. The Morgan fingerprint density at radius 2 is 1.58 bits per heavy atom. The van der Waals surface area contributed by atoms with E-state index in [0.29, 0.717) is 12.6 Å². The van der Waals surface area contributed by atoms with E-state index in [0.717, 1.165) is 53.8 Å². The molecular formula is C29H41N3O4. The molecule has 1 saturated carbocycles. The average molecular weight is 496 g/mol. The van der Waals surface area contributed by atoms with Crippen LogP contribution in [-0.4, -0.2) is 55.8 Å². The van der Waals surface area contributed by atoms with Gasteiger partial charge in [-0.05, 0) is 81.8 Å².